The number of hydrogen-bond donors (Lipinski definition) is 3. The number of carbonyl (C=O) groups is 2. The number of rotatable bonds is 54. The zero-order valence-electron chi connectivity index (χ0n) is 44.2. The number of carbonyl (C=O) groups excluding carboxylic acids is 2. The monoisotopic (exact) mass is 928 g/mol. The van der Waals surface area contributed by atoms with E-state index in [1.54, 1.807) is 6.08 Å². The van der Waals surface area contributed by atoms with Gasteiger partial charge in [-0.25, -0.2) is 0 Å². The number of amides is 1. The van der Waals surface area contributed by atoms with Crippen LogP contribution in [-0.4, -0.2) is 47.4 Å². The molecule has 388 valence electrons. The molecular formula is C60H113NO5. The van der Waals surface area contributed by atoms with Crippen LogP contribution in [-0.2, 0) is 14.3 Å². The first kappa shape index (κ1) is 64.1. The molecule has 0 radical (unpaired) electrons. The maximum Gasteiger partial charge on any atom is 0.305 e. The van der Waals surface area contributed by atoms with Crippen LogP contribution in [0.2, 0.25) is 0 Å². The molecule has 0 saturated carbocycles. The Morgan fingerprint density at radius 1 is 0.424 bits per heavy atom. The summed E-state index contributed by atoms with van der Waals surface area (Å²) in [5, 5.41) is 23.1. The largest absolute Gasteiger partial charge is 0.466 e. The Morgan fingerprint density at radius 3 is 1.15 bits per heavy atom. The summed E-state index contributed by atoms with van der Waals surface area (Å²) in [5.74, 6) is -0.0960. The Hall–Kier alpha value is -1.92. The summed E-state index contributed by atoms with van der Waals surface area (Å²) in [5.41, 5.74) is 0. The molecule has 0 aromatic carbocycles. The van der Waals surface area contributed by atoms with Gasteiger partial charge < -0.3 is 20.3 Å². The molecular weight excluding hydrogens is 815 g/mol. The van der Waals surface area contributed by atoms with Gasteiger partial charge in [0.1, 0.15) is 0 Å². The third-order valence-corrected chi connectivity index (χ3v) is 13.4. The zero-order valence-corrected chi connectivity index (χ0v) is 44.2. The smallest absolute Gasteiger partial charge is 0.305 e. The number of ether oxygens (including phenoxy) is 1. The van der Waals surface area contributed by atoms with Crippen LogP contribution < -0.4 is 5.32 Å². The average Bonchev–Trinajstić information content (AvgIpc) is 3.32. The van der Waals surface area contributed by atoms with Crippen molar-refractivity contribution in [2.75, 3.05) is 13.2 Å². The van der Waals surface area contributed by atoms with Crippen LogP contribution >= 0.6 is 0 Å². The van der Waals surface area contributed by atoms with Crippen molar-refractivity contribution in [2.24, 2.45) is 0 Å². The molecule has 0 fully saturated rings. The molecule has 0 rings (SSSR count). The highest BCUT2D eigenvalue weighted by molar-refractivity contribution is 5.76. The van der Waals surface area contributed by atoms with E-state index < -0.39 is 12.1 Å². The van der Waals surface area contributed by atoms with E-state index >= 15 is 0 Å². The number of aliphatic hydroxyl groups is 2. The topological polar surface area (TPSA) is 95.9 Å². The summed E-state index contributed by atoms with van der Waals surface area (Å²) in [4.78, 5) is 24.5. The molecule has 0 aliphatic rings. The van der Waals surface area contributed by atoms with E-state index in [4.69, 9.17) is 4.74 Å². The van der Waals surface area contributed by atoms with E-state index in [1.165, 1.54) is 199 Å². The molecule has 0 aliphatic heterocycles. The van der Waals surface area contributed by atoms with Gasteiger partial charge in [-0.05, 0) is 70.6 Å². The highest BCUT2D eigenvalue weighted by Crippen LogP contribution is 2.17. The Kier molecular flexibility index (Phi) is 54.1. The van der Waals surface area contributed by atoms with Crippen LogP contribution in [0.4, 0.5) is 0 Å². The van der Waals surface area contributed by atoms with E-state index in [2.05, 4.69) is 43.5 Å². The minimum Gasteiger partial charge on any atom is -0.466 e. The van der Waals surface area contributed by atoms with Crippen molar-refractivity contribution in [3.63, 3.8) is 0 Å². The maximum atomic E-state index is 12.4. The molecule has 2 atom stereocenters. The van der Waals surface area contributed by atoms with Gasteiger partial charge in [-0.1, -0.05) is 262 Å². The van der Waals surface area contributed by atoms with Crippen LogP contribution in [0.1, 0.15) is 309 Å². The third-order valence-electron chi connectivity index (χ3n) is 13.4. The molecule has 0 spiro atoms. The summed E-state index contributed by atoms with van der Waals surface area (Å²) in [6.45, 7) is 4.87. The second-order valence-corrected chi connectivity index (χ2v) is 20.0. The second kappa shape index (κ2) is 55.7. The maximum absolute atomic E-state index is 12.4. The summed E-state index contributed by atoms with van der Waals surface area (Å²) in [7, 11) is 0. The summed E-state index contributed by atoms with van der Waals surface area (Å²) in [6, 6.07) is -0.640. The average molecular weight is 929 g/mol. The molecule has 0 aromatic rings. The number of allylic oxidation sites excluding steroid dienone is 5. The van der Waals surface area contributed by atoms with Gasteiger partial charge in [0.05, 0.1) is 25.4 Å². The van der Waals surface area contributed by atoms with E-state index in [0.717, 1.165) is 83.5 Å². The number of hydrogen-bond acceptors (Lipinski definition) is 5. The van der Waals surface area contributed by atoms with Crippen molar-refractivity contribution in [1.82, 2.24) is 5.32 Å². The summed E-state index contributed by atoms with van der Waals surface area (Å²) in [6.07, 6.45) is 68.8. The highest BCUT2D eigenvalue weighted by atomic mass is 16.5. The van der Waals surface area contributed by atoms with Crippen molar-refractivity contribution in [3.8, 4) is 0 Å². The van der Waals surface area contributed by atoms with Crippen LogP contribution in [0.25, 0.3) is 0 Å². The van der Waals surface area contributed by atoms with E-state index in [-0.39, 0.29) is 18.5 Å². The predicted octanol–water partition coefficient (Wildman–Crippen LogP) is 18.0. The second-order valence-electron chi connectivity index (χ2n) is 20.0. The Balaban J connectivity index is 3.50. The first-order valence-corrected chi connectivity index (χ1v) is 29.3. The molecule has 0 aliphatic carbocycles. The molecule has 0 heterocycles. The SMILES string of the molecule is CCCCCCCCCCCCCCC/C=C/C(O)C(CO)NC(=O)CCCCCCCCC/C=C\C/C=C\CCCCCOC(=O)CCCCCCCCCCCCCCCCCCC. The molecule has 2 unspecified atom stereocenters. The van der Waals surface area contributed by atoms with Crippen molar-refractivity contribution in [1.29, 1.82) is 0 Å². The lowest BCUT2D eigenvalue weighted by Gasteiger charge is -2.20. The molecule has 0 aromatic heterocycles. The minimum atomic E-state index is -0.855. The van der Waals surface area contributed by atoms with Crippen LogP contribution in [0, 0.1) is 0 Å². The summed E-state index contributed by atoms with van der Waals surface area (Å²) < 4.78 is 5.46. The molecule has 1 amide bonds. The van der Waals surface area contributed by atoms with Gasteiger partial charge in [0.2, 0.25) is 5.91 Å². The van der Waals surface area contributed by atoms with Gasteiger partial charge in [-0.15, -0.1) is 0 Å². The Morgan fingerprint density at radius 2 is 0.758 bits per heavy atom. The third kappa shape index (κ3) is 51.5. The standard InChI is InChI=1S/C60H113NO5/c1-3-5-7-9-11-13-15-17-19-21-26-30-34-38-42-46-50-54-60(65)66-55-51-47-43-39-35-31-27-23-20-22-25-29-33-37-41-45-49-53-59(64)61-57(56-62)58(63)52-48-44-40-36-32-28-24-18-16-14-12-10-8-6-4-2/h20,23,31,35,48,52,57-58,62-63H,3-19,21-22,24-30,32-34,36-47,49-51,53-56H2,1-2H3,(H,61,64)/b23-20-,35-31-,52-48+. The lowest BCUT2D eigenvalue weighted by Crippen LogP contribution is -2.45. The van der Waals surface area contributed by atoms with Crippen LogP contribution in [0.5, 0.6) is 0 Å². The molecule has 0 saturated heterocycles. The lowest BCUT2D eigenvalue weighted by molar-refractivity contribution is -0.143. The molecule has 3 N–H and O–H groups in total. The summed E-state index contributed by atoms with van der Waals surface area (Å²) >= 11 is 0. The van der Waals surface area contributed by atoms with E-state index in [9.17, 15) is 19.8 Å². The molecule has 6 nitrogen and oxygen atoms in total. The number of nitrogens with one attached hydrogen (secondary N) is 1. The van der Waals surface area contributed by atoms with Gasteiger partial charge in [0.15, 0.2) is 0 Å². The highest BCUT2D eigenvalue weighted by Gasteiger charge is 2.18. The molecule has 0 bridgehead atoms. The Bertz CT molecular complexity index is 1070. The fraction of sp³-hybridized carbons (Fsp3) is 0.867. The van der Waals surface area contributed by atoms with Gasteiger partial charge in [-0.3, -0.25) is 9.59 Å². The van der Waals surface area contributed by atoms with Gasteiger partial charge in [0.25, 0.3) is 0 Å². The van der Waals surface area contributed by atoms with E-state index in [1.807, 2.05) is 6.08 Å². The molecule has 66 heavy (non-hydrogen) atoms. The van der Waals surface area contributed by atoms with Crippen molar-refractivity contribution >= 4 is 11.9 Å². The lowest BCUT2D eigenvalue weighted by atomic mass is 10.0. The number of unbranched alkanes of at least 4 members (excludes halogenated alkanes) is 39. The number of esters is 1. The first-order chi connectivity index (χ1) is 32.5. The van der Waals surface area contributed by atoms with Crippen molar-refractivity contribution in [2.45, 2.75) is 321 Å². The van der Waals surface area contributed by atoms with Crippen molar-refractivity contribution in [3.05, 3.63) is 36.5 Å². The predicted molar refractivity (Wildman–Crippen MR) is 287 cm³/mol. The van der Waals surface area contributed by atoms with Crippen molar-refractivity contribution < 1.29 is 24.5 Å². The van der Waals surface area contributed by atoms with Crippen LogP contribution in [0.15, 0.2) is 36.5 Å². The quantitative estimate of drug-likeness (QED) is 0.0321. The normalized spacial score (nSPS) is 12.8. The fourth-order valence-electron chi connectivity index (χ4n) is 8.90. The van der Waals surface area contributed by atoms with E-state index in [0.29, 0.717) is 19.4 Å². The Labute approximate surface area is 411 Å². The van der Waals surface area contributed by atoms with Gasteiger partial charge in [0, 0.05) is 12.8 Å². The van der Waals surface area contributed by atoms with Gasteiger partial charge >= 0.3 is 5.97 Å². The number of aliphatic hydroxyl groups excluding tert-OH is 2. The zero-order chi connectivity index (χ0) is 47.9. The fourth-order valence-corrected chi connectivity index (χ4v) is 8.90. The molecule has 6 heteroatoms. The van der Waals surface area contributed by atoms with Gasteiger partial charge in [-0.2, -0.15) is 0 Å². The minimum absolute atomic E-state index is 0.0126. The first-order valence-electron chi connectivity index (χ1n) is 29.3. The van der Waals surface area contributed by atoms with Crippen LogP contribution in [0.3, 0.4) is 0 Å².